The number of rotatable bonds is 5. The van der Waals surface area contributed by atoms with Gasteiger partial charge in [0.2, 0.25) is 0 Å². The second-order valence-corrected chi connectivity index (χ2v) is 9.81. The van der Waals surface area contributed by atoms with Crippen LogP contribution < -0.4 is 10.4 Å². The zero-order valence-electron chi connectivity index (χ0n) is 20.0. The van der Waals surface area contributed by atoms with E-state index in [1.165, 1.54) is 5.56 Å². The number of aliphatic imine (C=N–C) groups is 1. The molecule has 1 N–H and O–H groups in total. The third-order valence-corrected chi connectivity index (χ3v) is 6.91. The Morgan fingerprint density at radius 3 is 2.57 bits per heavy atom. The van der Waals surface area contributed by atoms with Gasteiger partial charge in [-0.3, -0.25) is 0 Å². The molecule has 2 heterocycles. The average Bonchev–Trinajstić information content (AvgIpc) is 3.01. The van der Waals surface area contributed by atoms with Crippen LogP contribution in [0.2, 0.25) is 5.02 Å². The standard InChI is InChI=1S/C28H30ClN5O/c1-34(32-27(35)13-7-10-21-8-3-2-4-9-21)18-16-33(17-19-34)28-23-11-5-6-12-24(23)30-25-15-14-22(29)20-26(25)31-28/h2-6,8-9,11-12,14-15,20H,7,10,13,16-19H2,1H3,(H-,30,31,32,35). The van der Waals surface area contributed by atoms with E-state index < -0.39 is 0 Å². The lowest BCUT2D eigenvalue weighted by Gasteiger charge is -2.39. The van der Waals surface area contributed by atoms with Crippen molar-refractivity contribution in [2.45, 2.75) is 19.3 Å². The molecule has 2 aliphatic rings. The number of likely N-dealkylation sites (N-methyl/N-ethyl adjacent to an activating group) is 1. The number of para-hydroxylation sites is 1. The Morgan fingerprint density at radius 1 is 1.03 bits per heavy atom. The Balaban J connectivity index is 1.28. The molecule has 180 valence electrons. The van der Waals surface area contributed by atoms with E-state index >= 15 is 0 Å². The third kappa shape index (κ3) is 5.50. The van der Waals surface area contributed by atoms with Crippen molar-refractivity contribution in [3.63, 3.8) is 0 Å². The van der Waals surface area contributed by atoms with E-state index in [0.717, 1.165) is 67.5 Å². The van der Waals surface area contributed by atoms with Gasteiger partial charge in [-0.1, -0.05) is 54.1 Å². The number of aryl methyl sites for hydroxylation is 1. The lowest BCUT2D eigenvalue weighted by atomic mass is 10.1. The number of quaternary nitrogens is 1. The molecule has 2 aliphatic heterocycles. The number of benzene rings is 3. The molecule has 0 aliphatic carbocycles. The predicted molar refractivity (Wildman–Crippen MR) is 142 cm³/mol. The maximum Gasteiger partial charge on any atom is 0.139 e. The number of hydrogen-bond acceptors (Lipinski definition) is 5. The van der Waals surface area contributed by atoms with Gasteiger partial charge < -0.3 is 15.3 Å². The maximum atomic E-state index is 12.6. The quantitative estimate of drug-likeness (QED) is 0.315. The highest BCUT2D eigenvalue weighted by Crippen LogP contribution is 2.36. The zero-order chi connectivity index (χ0) is 24.3. The Labute approximate surface area is 211 Å². The van der Waals surface area contributed by atoms with Gasteiger partial charge in [-0.25, -0.2) is 4.99 Å². The molecular formula is C28H30ClN5O. The molecule has 35 heavy (non-hydrogen) atoms. The van der Waals surface area contributed by atoms with E-state index in [9.17, 15) is 5.11 Å². The molecule has 3 aromatic carbocycles. The first-order valence-corrected chi connectivity index (χ1v) is 12.5. The minimum Gasteiger partial charge on any atom is -0.858 e. The van der Waals surface area contributed by atoms with Crippen molar-refractivity contribution in [2.75, 3.05) is 38.5 Å². The summed E-state index contributed by atoms with van der Waals surface area (Å²) in [6.45, 7) is 3.03. The van der Waals surface area contributed by atoms with Crippen molar-refractivity contribution >= 4 is 40.4 Å². The second kappa shape index (κ2) is 10.1. The number of halogens is 1. The van der Waals surface area contributed by atoms with E-state index in [-0.39, 0.29) is 5.90 Å². The van der Waals surface area contributed by atoms with Crippen LogP contribution in [-0.4, -0.2) is 54.5 Å². The normalized spacial score (nSPS) is 17.0. The average molecular weight is 488 g/mol. The molecule has 0 spiro atoms. The van der Waals surface area contributed by atoms with Crippen molar-refractivity contribution in [2.24, 2.45) is 10.1 Å². The maximum absolute atomic E-state index is 12.6. The van der Waals surface area contributed by atoms with Crippen LogP contribution >= 0.6 is 11.6 Å². The molecule has 0 saturated carbocycles. The SMILES string of the molecule is C[N+]1(/N=C(\[O-])CCCc2ccccc2)CCN(C2=Nc3cc(Cl)ccc3Nc3ccccc32)CC1. The molecule has 6 nitrogen and oxygen atoms in total. The predicted octanol–water partition coefficient (Wildman–Crippen LogP) is 4.93. The summed E-state index contributed by atoms with van der Waals surface area (Å²) in [5.74, 6) is 0.913. The van der Waals surface area contributed by atoms with Crippen molar-refractivity contribution in [3.05, 3.63) is 88.9 Å². The summed E-state index contributed by atoms with van der Waals surface area (Å²) in [4.78, 5) is 7.33. The van der Waals surface area contributed by atoms with Crippen LogP contribution in [0.4, 0.5) is 17.1 Å². The molecule has 0 bridgehead atoms. The molecule has 1 fully saturated rings. The molecular weight excluding hydrogens is 458 g/mol. The van der Waals surface area contributed by atoms with Crippen molar-refractivity contribution in [1.29, 1.82) is 0 Å². The first-order valence-electron chi connectivity index (χ1n) is 12.1. The molecule has 3 aromatic rings. The zero-order valence-corrected chi connectivity index (χ0v) is 20.7. The van der Waals surface area contributed by atoms with Crippen molar-refractivity contribution in [3.8, 4) is 0 Å². The van der Waals surface area contributed by atoms with E-state index in [0.29, 0.717) is 16.0 Å². The summed E-state index contributed by atoms with van der Waals surface area (Å²) in [6.07, 6.45) is 2.20. The summed E-state index contributed by atoms with van der Waals surface area (Å²) < 4.78 is 0.413. The molecule has 0 aromatic heterocycles. The van der Waals surface area contributed by atoms with Gasteiger partial charge in [0, 0.05) is 22.2 Å². The number of amidine groups is 1. The minimum atomic E-state index is -0.0122. The minimum absolute atomic E-state index is 0.0122. The fourth-order valence-corrected chi connectivity index (χ4v) is 4.83. The van der Waals surface area contributed by atoms with Crippen LogP contribution in [0.1, 0.15) is 24.0 Å². The molecule has 0 unspecified atom stereocenters. The Hall–Kier alpha value is -3.35. The van der Waals surface area contributed by atoms with Crippen molar-refractivity contribution < 1.29 is 9.70 Å². The van der Waals surface area contributed by atoms with Gasteiger partial charge in [0.15, 0.2) is 0 Å². The van der Waals surface area contributed by atoms with E-state index in [1.807, 2.05) is 55.6 Å². The lowest BCUT2D eigenvalue weighted by molar-refractivity contribution is -0.920. The van der Waals surface area contributed by atoms with Gasteiger partial charge in [0.1, 0.15) is 18.9 Å². The van der Waals surface area contributed by atoms with Gasteiger partial charge in [-0.05, 0) is 55.2 Å². The highest BCUT2D eigenvalue weighted by molar-refractivity contribution is 6.31. The van der Waals surface area contributed by atoms with Crippen LogP contribution in [-0.2, 0) is 6.42 Å². The van der Waals surface area contributed by atoms with E-state index in [4.69, 9.17) is 16.6 Å². The van der Waals surface area contributed by atoms with Gasteiger partial charge in [0.05, 0.1) is 31.5 Å². The van der Waals surface area contributed by atoms with Gasteiger partial charge in [-0.2, -0.15) is 4.59 Å². The van der Waals surface area contributed by atoms with Crippen LogP contribution in [0.25, 0.3) is 0 Å². The van der Waals surface area contributed by atoms with E-state index in [1.54, 1.807) is 0 Å². The number of piperazine rings is 1. The smallest absolute Gasteiger partial charge is 0.139 e. The topological polar surface area (TPSA) is 63.1 Å². The summed E-state index contributed by atoms with van der Waals surface area (Å²) in [7, 11) is 2.05. The molecule has 0 radical (unpaired) electrons. The van der Waals surface area contributed by atoms with Gasteiger partial charge in [0.25, 0.3) is 0 Å². The number of fused-ring (bicyclic) bond motifs is 2. The second-order valence-electron chi connectivity index (χ2n) is 9.37. The summed E-state index contributed by atoms with van der Waals surface area (Å²) in [5.41, 5.74) is 5.10. The first kappa shape index (κ1) is 23.4. The van der Waals surface area contributed by atoms with Crippen LogP contribution in [0.5, 0.6) is 0 Å². The molecule has 7 heteroatoms. The highest BCUT2D eigenvalue weighted by Gasteiger charge is 2.32. The van der Waals surface area contributed by atoms with Crippen LogP contribution in [0.3, 0.4) is 0 Å². The van der Waals surface area contributed by atoms with Crippen LogP contribution in [0.15, 0.2) is 82.9 Å². The number of nitrogens with zero attached hydrogens (tertiary/aromatic N) is 4. The fourth-order valence-electron chi connectivity index (χ4n) is 4.67. The monoisotopic (exact) mass is 487 g/mol. The Morgan fingerprint density at radius 2 is 1.77 bits per heavy atom. The Bertz CT molecular complexity index is 1250. The van der Waals surface area contributed by atoms with Gasteiger partial charge >= 0.3 is 0 Å². The molecule has 5 rings (SSSR count). The van der Waals surface area contributed by atoms with Crippen molar-refractivity contribution in [1.82, 2.24) is 4.90 Å². The third-order valence-electron chi connectivity index (χ3n) is 6.68. The number of hydrogen-bond donors (Lipinski definition) is 1. The molecule has 0 atom stereocenters. The first-order chi connectivity index (χ1) is 17.0. The fraction of sp³-hybridized carbons (Fsp3) is 0.286. The summed E-state index contributed by atoms with van der Waals surface area (Å²) in [5, 5.41) is 21.4. The van der Waals surface area contributed by atoms with Gasteiger partial charge in [-0.15, -0.1) is 5.10 Å². The molecule has 0 amide bonds. The van der Waals surface area contributed by atoms with Crippen LogP contribution in [0, 0.1) is 0 Å². The van der Waals surface area contributed by atoms with E-state index in [2.05, 4.69) is 39.6 Å². The largest absolute Gasteiger partial charge is 0.858 e. The highest BCUT2D eigenvalue weighted by atomic mass is 35.5. The molecule has 1 saturated heterocycles. The Kier molecular flexibility index (Phi) is 6.75. The number of anilines is 2. The summed E-state index contributed by atoms with van der Waals surface area (Å²) in [6, 6.07) is 24.2. The lowest BCUT2D eigenvalue weighted by Crippen LogP contribution is -2.56. The summed E-state index contributed by atoms with van der Waals surface area (Å²) >= 11 is 6.27. The number of nitrogens with one attached hydrogen (secondary N) is 1.